The van der Waals surface area contributed by atoms with Crippen molar-refractivity contribution < 1.29 is 4.74 Å². The Morgan fingerprint density at radius 1 is 1.21 bits per heavy atom. The molecule has 0 aromatic carbocycles. The van der Waals surface area contributed by atoms with Crippen LogP contribution in [0, 0.1) is 19.8 Å². The molecule has 0 N–H and O–H groups in total. The van der Waals surface area contributed by atoms with Crippen LogP contribution in [0.1, 0.15) is 37.1 Å². The van der Waals surface area contributed by atoms with E-state index in [2.05, 4.69) is 14.9 Å². The van der Waals surface area contributed by atoms with Gasteiger partial charge >= 0.3 is 0 Å². The Kier molecular flexibility index (Phi) is 3.69. The molecule has 4 heteroatoms. The average molecular weight is 261 g/mol. The van der Waals surface area contributed by atoms with Gasteiger partial charge in [0.05, 0.1) is 6.10 Å². The number of piperidine rings is 1. The molecule has 19 heavy (non-hydrogen) atoms. The van der Waals surface area contributed by atoms with Crippen LogP contribution < -0.4 is 4.90 Å². The zero-order valence-electron chi connectivity index (χ0n) is 11.9. The predicted octanol–water partition coefficient (Wildman–Crippen LogP) is 2.49. The Morgan fingerprint density at radius 3 is 2.63 bits per heavy atom. The van der Waals surface area contributed by atoms with E-state index >= 15 is 0 Å². The maximum atomic E-state index is 6.02. The van der Waals surface area contributed by atoms with Crippen molar-refractivity contribution in [1.29, 1.82) is 0 Å². The van der Waals surface area contributed by atoms with Crippen LogP contribution in [0.15, 0.2) is 6.07 Å². The second-order valence-corrected chi connectivity index (χ2v) is 5.94. The third-order valence-electron chi connectivity index (χ3n) is 3.90. The highest BCUT2D eigenvalue weighted by Crippen LogP contribution is 2.30. The van der Waals surface area contributed by atoms with Gasteiger partial charge in [-0.15, -0.1) is 0 Å². The topological polar surface area (TPSA) is 38.2 Å². The van der Waals surface area contributed by atoms with Crippen molar-refractivity contribution in [1.82, 2.24) is 9.97 Å². The van der Waals surface area contributed by atoms with Crippen molar-refractivity contribution in [3.05, 3.63) is 17.5 Å². The Labute approximate surface area is 115 Å². The predicted molar refractivity (Wildman–Crippen MR) is 75.4 cm³/mol. The Morgan fingerprint density at radius 2 is 1.95 bits per heavy atom. The third-order valence-corrected chi connectivity index (χ3v) is 3.90. The minimum Gasteiger partial charge on any atom is -0.376 e. The summed E-state index contributed by atoms with van der Waals surface area (Å²) < 4.78 is 6.02. The minimum atomic E-state index is 0.360. The van der Waals surface area contributed by atoms with Crippen LogP contribution in [0.3, 0.4) is 0 Å². The van der Waals surface area contributed by atoms with E-state index in [4.69, 9.17) is 4.74 Å². The van der Waals surface area contributed by atoms with Gasteiger partial charge in [0.1, 0.15) is 0 Å². The highest BCUT2D eigenvalue weighted by molar-refractivity contribution is 5.33. The van der Waals surface area contributed by atoms with E-state index in [-0.39, 0.29) is 0 Å². The first-order valence-corrected chi connectivity index (χ1v) is 7.39. The molecule has 4 nitrogen and oxygen atoms in total. The van der Waals surface area contributed by atoms with E-state index in [1.54, 1.807) is 0 Å². The van der Waals surface area contributed by atoms with E-state index in [0.29, 0.717) is 6.10 Å². The standard InChI is InChI=1S/C15H23N3O/c1-11-8-12(2)17-15(16-11)18-7-3-4-14(9-18)19-10-13-5-6-13/h8,13-14H,3-7,9-10H2,1-2H3/t14-/m0/s1. The van der Waals surface area contributed by atoms with Gasteiger partial charge in [-0.3, -0.25) is 0 Å². The highest BCUT2D eigenvalue weighted by atomic mass is 16.5. The van der Waals surface area contributed by atoms with Gasteiger partial charge in [0, 0.05) is 31.1 Å². The fourth-order valence-electron chi connectivity index (χ4n) is 2.66. The summed E-state index contributed by atoms with van der Waals surface area (Å²) >= 11 is 0. The van der Waals surface area contributed by atoms with E-state index in [0.717, 1.165) is 43.0 Å². The Balaban J connectivity index is 1.62. The third kappa shape index (κ3) is 3.44. The van der Waals surface area contributed by atoms with Crippen molar-refractivity contribution in [3.8, 4) is 0 Å². The van der Waals surface area contributed by atoms with Gasteiger partial charge in [0.15, 0.2) is 0 Å². The van der Waals surface area contributed by atoms with Crippen molar-refractivity contribution in [2.24, 2.45) is 5.92 Å². The number of anilines is 1. The van der Waals surface area contributed by atoms with Gasteiger partial charge in [-0.1, -0.05) is 0 Å². The van der Waals surface area contributed by atoms with Crippen LogP contribution in [0.2, 0.25) is 0 Å². The lowest BCUT2D eigenvalue weighted by Gasteiger charge is -2.33. The molecule has 0 bridgehead atoms. The zero-order chi connectivity index (χ0) is 13.2. The summed E-state index contributed by atoms with van der Waals surface area (Å²) in [6.45, 7) is 7.00. The SMILES string of the molecule is Cc1cc(C)nc(N2CCC[C@H](OCC3CC3)C2)n1. The van der Waals surface area contributed by atoms with E-state index < -0.39 is 0 Å². The minimum absolute atomic E-state index is 0.360. The maximum Gasteiger partial charge on any atom is 0.225 e. The summed E-state index contributed by atoms with van der Waals surface area (Å²) in [5.74, 6) is 1.71. The van der Waals surface area contributed by atoms with E-state index in [1.165, 1.54) is 25.7 Å². The molecule has 1 saturated carbocycles. The second kappa shape index (κ2) is 5.45. The average Bonchev–Trinajstić information content (AvgIpc) is 3.20. The second-order valence-electron chi connectivity index (χ2n) is 5.94. The normalized spacial score (nSPS) is 23.7. The van der Waals surface area contributed by atoms with Crippen LogP contribution in [0.25, 0.3) is 0 Å². The Hall–Kier alpha value is -1.16. The monoisotopic (exact) mass is 261 g/mol. The highest BCUT2D eigenvalue weighted by Gasteiger charge is 2.26. The molecule has 0 radical (unpaired) electrons. The number of hydrogen-bond acceptors (Lipinski definition) is 4. The van der Waals surface area contributed by atoms with Gasteiger partial charge in [-0.2, -0.15) is 0 Å². The summed E-state index contributed by atoms with van der Waals surface area (Å²) in [7, 11) is 0. The molecular formula is C15H23N3O. The summed E-state index contributed by atoms with van der Waals surface area (Å²) in [5, 5.41) is 0. The van der Waals surface area contributed by atoms with Gasteiger partial charge in [0.25, 0.3) is 0 Å². The lowest BCUT2D eigenvalue weighted by Crippen LogP contribution is -2.41. The summed E-state index contributed by atoms with van der Waals surface area (Å²) in [6.07, 6.45) is 5.42. The molecule has 1 aromatic heterocycles. The molecule has 2 fully saturated rings. The first-order chi connectivity index (χ1) is 9.20. The molecule has 3 rings (SSSR count). The van der Waals surface area contributed by atoms with Crippen LogP contribution >= 0.6 is 0 Å². The fourth-order valence-corrected chi connectivity index (χ4v) is 2.66. The number of hydrogen-bond donors (Lipinski definition) is 0. The number of aromatic nitrogens is 2. The van der Waals surface area contributed by atoms with Gasteiger partial charge in [-0.05, 0) is 51.5 Å². The number of rotatable bonds is 4. The largest absolute Gasteiger partial charge is 0.376 e. The molecule has 1 saturated heterocycles. The molecule has 2 heterocycles. The van der Waals surface area contributed by atoms with Crippen LogP contribution in [-0.2, 0) is 4.74 Å². The van der Waals surface area contributed by atoms with Crippen molar-refractivity contribution in [3.63, 3.8) is 0 Å². The summed E-state index contributed by atoms with van der Waals surface area (Å²) in [4.78, 5) is 11.4. The van der Waals surface area contributed by atoms with Crippen molar-refractivity contribution >= 4 is 5.95 Å². The lowest BCUT2D eigenvalue weighted by atomic mass is 10.1. The first-order valence-electron chi connectivity index (χ1n) is 7.39. The molecule has 1 aliphatic carbocycles. The van der Waals surface area contributed by atoms with E-state index in [1.807, 2.05) is 19.9 Å². The molecule has 1 aliphatic heterocycles. The molecule has 0 amide bonds. The van der Waals surface area contributed by atoms with Gasteiger partial charge in [-0.25, -0.2) is 9.97 Å². The molecule has 1 atom stereocenters. The molecule has 0 unspecified atom stereocenters. The van der Waals surface area contributed by atoms with E-state index in [9.17, 15) is 0 Å². The van der Waals surface area contributed by atoms with Crippen LogP contribution in [0.4, 0.5) is 5.95 Å². The summed E-state index contributed by atoms with van der Waals surface area (Å²) in [5.41, 5.74) is 2.09. The van der Waals surface area contributed by atoms with Crippen LogP contribution in [-0.4, -0.2) is 35.8 Å². The number of ether oxygens (including phenoxy) is 1. The zero-order valence-corrected chi connectivity index (χ0v) is 11.9. The number of aryl methyl sites for hydroxylation is 2. The molecular weight excluding hydrogens is 238 g/mol. The maximum absolute atomic E-state index is 6.02. The smallest absolute Gasteiger partial charge is 0.225 e. The lowest BCUT2D eigenvalue weighted by molar-refractivity contribution is 0.0366. The number of nitrogens with zero attached hydrogens (tertiary/aromatic N) is 3. The fraction of sp³-hybridized carbons (Fsp3) is 0.733. The van der Waals surface area contributed by atoms with Crippen molar-refractivity contribution in [2.75, 3.05) is 24.6 Å². The van der Waals surface area contributed by atoms with Crippen molar-refractivity contribution in [2.45, 2.75) is 45.6 Å². The molecule has 2 aliphatic rings. The van der Waals surface area contributed by atoms with Gasteiger partial charge in [0.2, 0.25) is 5.95 Å². The van der Waals surface area contributed by atoms with Gasteiger partial charge < -0.3 is 9.64 Å². The molecule has 1 aromatic rings. The van der Waals surface area contributed by atoms with Crippen LogP contribution in [0.5, 0.6) is 0 Å². The molecule has 0 spiro atoms. The quantitative estimate of drug-likeness (QED) is 0.834. The Bertz CT molecular complexity index is 425. The first kappa shape index (κ1) is 12.9. The molecule has 104 valence electrons. The summed E-state index contributed by atoms with van der Waals surface area (Å²) in [6, 6.07) is 2.02.